The zero-order valence-corrected chi connectivity index (χ0v) is 12.4. The number of hydrogen-bond acceptors (Lipinski definition) is 4. The van der Waals surface area contributed by atoms with E-state index in [0.717, 1.165) is 0 Å². The molecule has 0 spiro atoms. The first-order chi connectivity index (χ1) is 9.33. The van der Waals surface area contributed by atoms with E-state index in [2.05, 4.69) is 10.0 Å². The number of benzene rings is 1. The van der Waals surface area contributed by atoms with E-state index in [0.29, 0.717) is 0 Å². The highest BCUT2D eigenvalue weighted by atomic mass is 32.2. The summed E-state index contributed by atoms with van der Waals surface area (Å²) in [5, 5.41) is 12.0. The Morgan fingerprint density at radius 3 is 2.40 bits per heavy atom. The van der Waals surface area contributed by atoms with Crippen LogP contribution < -0.4 is 10.0 Å². The maximum Gasteiger partial charge on any atom is 0.241 e. The van der Waals surface area contributed by atoms with E-state index in [1.165, 1.54) is 12.1 Å². The largest absolute Gasteiger partial charge is 0.391 e. The number of aliphatic hydroxyl groups is 1. The molecular weight excluding hydrogens is 280 g/mol. The molecule has 0 fully saturated rings. The number of carbonyl (C=O) groups is 1. The fourth-order valence-corrected chi connectivity index (χ4v) is 2.36. The van der Waals surface area contributed by atoms with Crippen LogP contribution in [0.15, 0.2) is 35.2 Å². The van der Waals surface area contributed by atoms with E-state index in [-0.39, 0.29) is 23.9 Å². The van der Waals surface area contributed by atoms with Crippen molar-refractivity contribution in [3.63, 3.8) is 0 Å². The van der Waals surface area contributed by atoms with Crippen molar-refractivity contribution in [2.45, 2.75) is 24.8 Å². The first-order valence-electron chi connectivity index (χ1n) is 6.32. The second-order valence-corrected chi connectivity index (χ2v) is 6.52. The summed E-state index contributed by atoms with van der Waals surface area (Å²) in [6.45, 7) is 3.40. The van der Waals surface area contributed by atoms with Gasteiger partial charge in [-0.2, -0.15) is 0 Å². The van der Waals surface area contributed by atoms with Crippen LogP contribution >= 0.6 is 0 Å². The van der Waals surface area contributed by atoms with Crippen molar-refractivity contribution < 1.29 is 18.3 Å². The van der Waals surface area contributed by atoms with Crippen molar-refractivity contribution in [3.05, 3.63) is 30.3 Å². The molecule has 0 aliphatic heterocycles. The van der Waals surface area contributed by atoms with Crippen molar-refractivity contribution >= 4 is 15.9 Å². The molecule has 1 atom stereocenters. The molecule has 1 rings (SSSR count). The predicted molar refractivity (Wildman–Crippen MR) is 75.5 cm³/mol. The van der Waals surface area contributed by atoms with Crippen LogP contribution in [0.25, 0.3) is 0 Å². The Bertz CT molecular complexity index is 529. The minimum Gasteiger partial charge on any atom is -0.391 e. The Labute approximate surface area is 119 Å². The maximum atomic E-state index is 11.8. The van der Waals surface area contributed by atoms with Gasteiger partial charge in [-0.1, -0.05) is 32.0 Å². The summed E-state index contributed by atoms with van der Waals surface area (Å²) in [6.07, 6.45) is -0.648. The summed E-state index contributed by atoms with van der Waals surface area (Å²) in [7, 11) is -3.68. The number of nitrogens with one attached hydrogen (secondary N) is 2. The fourth-order valence-electron chi connectivity index (χ4n) is 1.36. The number of rotatable bonds is 7. The Kier molecular flexibility index (Phi) is 6.12. The lowest BCUT2D eigenvalue weighted by Gasteiger charge is -2.15. The third kappa shape index (κ3) is 5.28. The van der Waals surface area contributed by atoms with Gasteiger partial charge in [0.05, 0.1) is 17.5 Å². The normalized spacial score (nSPS) is 13.2. The summed E-state index contributed by atoms with van der Waals surface area (Å²) in [5.41, 5.74) is 0. The highest BCUT2D eigenvalue weighted by Gasteiger charge is 2.15. The number of amides is 1. The predicted octanol–water partition coefficient (Wildman–Crippen LogP) is 0.0980. The number of carbonyl (C=O) groups excluding carboxylic acids is 1. The molecule has 1 amide bonds. The molecule has 1 aromatic carbocycles. The molecule has 20 heavy (non-hydrogen) atoms. The van der Waals surface area contributed by atoms with Crippen LogP contribution in [-0.4, -0.2) is 38.6 Å². The van der Waals surface area contributed by atoms with Gasteiger partial charge in [0, 0.05) is 6.54 Å². The van der Waals surface area contributed by atoms with Crippen LogP contribution in [0.3, 0.4) is 0 Å². The molecule has 112 valence electrons. The van der Waals surface area contributed by atoms with E-state index < -0.39 is 22.0 Å². The SMILES string of the molecule is CC(C)C(O)CNC(=O)CNS(=O)(=O)c1ccccc1. The average molecular weight is 300 g/mol. The van der Waals surface area contributed by atoms with Crippen LogP contribution in [-0.2, 0) is 14.8 Å². The van der Waals surface area contributed by atoms with E-state index >= 15 is 0 Å². The quantitative estimate of drug-likeness (QED) is 0.665. The Morgan fingerprint density at radius 1 is 1.25 bits per heavy atom. The summed E-state index contributed by atoms with van der Waals surface area (Å²) >= 11 is 0. The Balaban J connectivity index is 2.45. The molecule has 0 bridgehead atoms. The summed E-state index contributed by atoms with van der Waals surface area (Å²) in [6, 6.07) is 7.81. The van der Waals surface area contributed by atoms with Crippen LogP contribution in [0.4, 0.5) is 0 Å². The number of aliphatic hydroxyl groups excluding tert-OH is 1. The Hall–Kier alpha value is -1.44. The average Bonchev–Trinajstić information content (AvgIpc) is 2.43. The van der Waals surface area contributed by atoms with Crippen molar-refractivity contribution in [1.82, 2.24) is 10.0 Å². The Morgan fingerprint density at radius 2 is 1.85 bits per heavy atom. The van der Waals surface area contributed by atoms with Crippen molar-refractivity contribution in [2.24, 2.45) is 5.92 Å². The first kappa shape index (κ1) is 16.6. The third-order valence-corrected chi connectivity index (χ3v) is 4.17. The molecule has 0 aliphatic rings. The topological polar surface area (TPSA) is 95.5 Å². The molecule has 7 heteroatoms. The van der Waals surface area contributed by atoms with Gasteiger partial charge >= 0.3 is 0 Å². The van der Waals surface area contributed by atoms with Gasteiger partial charge in [-0.15, -0.1) is 0 Å². The molecular formula is C13H20N2O4S. The van der Waals surface area contributed by atoms with E-state index in [9.17, 15) is 18.3 Å². The van der Waals surface area contributed by atoms with Crippen LogP contribution in [0.5, 0.6) is 0 Å². The van der Waals surface area contributed by atoms with E-state index in [4.69, 9.17) is 0 Å². The lowest BCUT2D eigenvalue weighted by Crippen LogP contribution is -2.41. The van der Waals surface area contributed by atoms with Gasteiger partial charge in [-0.3, -0.25) is 4.79 Å². The summed E-state index contributed by atoms with van der Waals surface area (Å²) < 4.78 is 25.9. The molecule has 1 aromatic rings. The van der Waals surface area contributed by atoms with Crippen molar-refractivity contribution in [3.8, 4) is 0 Å². The monoisotopic (exact) mass is 300 g/mol. The second-order valence-electron chi connectivity index (χ2n) is 4.75. The van der Waals surface area contributed by atoms with Crippen LogP contribution in [0.2, 0.25) is 0 Å². The van der Waals surface area contributed by atoms with Gasteiger partial charge in [0.2, 0.25) is 15.9 Å². The minimum atomic E-state index is -3.68. The summed E-state index contributed by atoms with van der Waals surface area (Å²) in [5.74, 6) is -0.458. The zero-order valence-electron chi connectivity index (χ0n) is 11.5. The van der Waals surface area contributed by atoms with Gasteiger partial charge in [-0.25, -0.2) is 13.1 Å². The third-order valence-electron chi connectivity index (χ3n) is 2.75. The second kappa shape index (κ2) is 7.37. The molecule has 0 aromatic heterocycles. The minimum absolute atomic E-state index is 0.0244. The molecule has 6 nitrogen and oxygen atoms in total. The van der Waals surface area contributed by atoms with Crippen LogP contribution in [0.1, 0.15) is 13.8 Å². The molecule has 0 aliphatic carbocycles. The van der Waals surface area contributed by atoms with Crippen molar-refractivity contribution in [2.75, 3.05) is 13.1 Å². The molecule has 0 saturated heterocycles. The summed E-state index contributed by atoms with van der Waals surface area (Å²) in [4.78, 5) is 11.6. The van der Waals surface area contributed by atoms with Crippen molar-refractivity contribution in [1.29, 1.82) is 0 Å². The molecule has 0 saturated carbocycles. The lowest BCUT2D eigenvalue weighted by molar-refractivity contribution is -0.120. The van der Waals surface area contributed by atoms with Gasteiger partial charge < -0.3 is 10.4 Å². The van der Waals surface area contributed by atoms with E-state index in [1.807, 2.05) is 13.8 Å². The van der Waals surface area contributed by atoms with Gasteiger partial charge in [-0.05, 0) is 18.1 Å². The number of sulfonamides is 1. The fraction of sp³-hybridized carbons (Fsp3) is 0.462. The molecule has 0 radical (unpaired) electrons. The first-order valence-corrected chi connectivity index (χ1v) is 7.80. The van der Waals surface area contributed by atoms with Gasteiger partial charge in [0.25, 0.3) is 0 Å². The standard InChI is InChI=1S/C13H20N2O4S/c1-10(2)12(16)8-14-13(17)9-15-20(18,19)11-6-4-3-5-7-11/h3-7,10,12,15-16H,8-9H2,1-2H3,(H,14,17). The van der Waals surface area contributed by atoms with Gasteiger partial charge in [0.15, 0.2) is 0 Å². The van der Waals surface area contributed by atoms with Crippen LogP contribution in [0, 0.1) is 5.92 Å². The van der Waals surface area contributed by atoms with Gasteiger partial charge in [0.1, 0.15) is 0 Å². The molecule has 3 N–H and O–H groups in total. The molecule has 0 heterocycles. The zero-order chi connectivity index (χ0) is 15.2. The number of hydrogen-bond donors (Lipinski definition) is 3. The molecule has 1 unspecified atom stereocenters. The highest BCUT2D eigenvalue weighted by Crippen LogP contribution is 2.06. The smallest absolute Gasteiger partial charge is 0.241 e. The highest BCUT2D eigenvalue weighted by molar-refractivity contribution is 7.89. The maximum absolute atomic E-state index is 11.8. The lowest BCUT2D eigenvalue weighted by atomic mass is 10.1. The van der Waals surface area contributed by atoms with E-state index in [1.54, 1.807) is 18.2 Å².